The van der Waals surface area contributed by atoms with Crippen LogP contribution >= 0.6 is 11.8 Å². The summed E-state index contributed by atoms with van der Waals surface area (Å²) in [6, 6.07) is 8.25. The molecule has 0 fully saturated rings. The molecule has 1 N–H and O–H groups in total. The Kier molecular flexibility index (Phi) is 4.85. The Morgan fingerprint density at radius 1 is 1.33 bits per heavy atom. The number of carboxylic acid groups (broad SMARTS) is 1. The van der Waals surface area contributed by atoms with E-state index in [-0.39, 0.29) is 5.75 Å². The van der Waals surface area contributed by atoms with E-state index in [4.69, 9.17) is 5.11 Å². The highest BCUT2D eigenvalue weighted by Crippen LogP contribution is 2.25. The fourth-order valence-electron chi connectivity index (χ4n) is 1.92. The van der Waals surface area contributed by atoms with Crippen LogP contribution in [0.3, 0.4) is 0 Å². The third kappa shape index (κ3) is 3.55. The summed E-state index contributed by atoms with van der Waals surface area (Å²) in [6.45, 7) is 2.12. The maximum atomic E-state index is 10.6. The van der Waals surface area contributed by atoms with Crippen molar-refractivity contribution in [2.75, 3.05) is 17.7 Å². The van der Waals surface area contributed by atoms with Gasteiger partial charge < -0.3 is 10.0 Å². The Labute approximate surface area is 127 Å². The van der Waals surface area contributed by atoms with Crippen LogP contribution in [-0.2, 0) is 18.3 Å². The molecule has 2 aromatic rings. The predicted molar refractivity (Wildman–Crippen MR) is 83.2 cm³/mol. The zero-order chi connectivity index (χ0) is 15.4. The monoisotopic (exact) mass is 306 g/mol. The van der Waals surface area contributed by atoms with Crippen LogP contribution in [0.25, 0.3) is 0 Å². The van der Waals surface area contributed by atoms with E-state index in [2.05, 4.69) is 29.3 Å². The number of rotatable bonds is 6. The number of hydrogen-bond donors (Lipinski definition) is 1. The molecule has 0 unspecified atom stereocenters. The predicted octanol–water partition coefficient (Wildman–Crippen LogP) is 2.32. The Morgan fingerprint density at radius 3 is 2.57 bits per heavy atom. The molecule has 0 spiro atoms. The summed E-state index contributed by atoms with van der Waals surface area (Å²) in [6.07, 6.45) is 1.00. The molecule has 0 aliphatic carbocycles. The van der Waals surface area contributed by atoms with E-state index in [1.807, 2.05) is 31.1 Å². The molecule has 0 aliphatic heterocycles. The molecule has 1 aromatic carbocycles. The average Bonchev–Trinajstić information content (AvgIpc) is 2.85. The van der Waals surface area contributed by atoms with E-state index in [9.17, 15) is 4.79 Å². The van der Waals surface area contributed by atoms with E-state index in [0.717, 1.165) is 23.9 Å². The first-order valence-electron chi connectivity index (χ1n) is 6.59. The number of carbonyl (C=O) groups is 1. The lowest BCUT2D eigenvalue weighted by atomic mass is 10.1. The fourth-order valence-corrected chi connectivity index (χ4v) is 2.55. The number of aryl methyl sites for hydroxylation is 1. The summed E-state index contributed by atoms with van der Waals surface area (Å²) in [5.74, 6) is -0.221. The fraction of sp³-hybridized carbons (Fsp3) is 0.357. The van der Waals surface area contributed by atoms with Gasteiger partial charge in [-0.1, -0.05) is 30.8 Å². The minimum atomic E-state index is -0.868. The highest BCUT2D eigenvalue weighted by molar-refractivity contribution is 7.99. The highest BCUT2D eigenvalue weighted by atomic mass is 32.2. The lowest BCUT2D eigenvalue weighted by Gasteiger charge is -2.18. The lowest BCUT2D eigenvalue weighted by Crippen LogP contribution is -2.14. The van der Waals surface area contributed by atoms with Gasteiger partial charge in [0.1, 0.15) is 0 Å². The maximum Gasteiger partial charge on any atom is 0.313 e. The minimum Gasteiger partial charge on any atom is -0.481 e. The van der Waals surface area contributed by atoms with Crippen molar-refractivity contribution < 1.29 is 9.90 Å². The second-order valence-corrected chi connectivity index (χ2v) is 5.55. The quantitative estimate of drug-likeness (QED) is 0.826. The molecule has 1 heterocycles. The zero-order valence-electron chi connectivity index (χ0n) is 12.3. The van der Waals surface area contributed by atoms with E-state index in [1.54, 1.807) is 4.57 Å². The summed E-state index contributed by atoms with van der Waals surface area (Å²) in [7, 11) is 3.74. The first kappa shape index (κ1) is 15.4. The van der Waals surface area contributed by atoms with Gasteiger partial charge in [0.25, 0.3) is 0 Å². The second kappa shape index (κ2) is 6.62. The van der Waals surface area contributed by atoms with Crippen molar-refractivity contribution in [1.29, 1.82) is 0 Å². The summed E-state index contributed by atoms with van der Waals surface area (Å²) in [5, 5.41) is 17.5. The van der Waals surface area contributed by atoms with Crippen molar-refractivity contribution in [3.05, 3.63) is 29.8 Å². The van der Waals surface area contributed by atoms with E-state index >= 15 is 0 Å². The molecule has 0 atom stereocenters. The first-order chi connectivity index (χ1) is 10.0. The number of hydrogen-bond acceptors (Lipinski definition) is 5. The van der Waals surface area contributed by atoms with Crippen molar-refractivity contribution in [2.24, 2.45) is 7.05 Å². The number of nitrogens with zero attached hydrogens (tertiary/aromatic N) is 4. The van der Waals surface area contributed by atoms with Gasteiger partial charge in [-0.25, -0.2) is 0 Å². The van der Waals surface area contributed by atoms with Gasteiger partial charge in [-0.2, -0.15) is 0 Å². The molecule has 1 aromatic heterocycles. The van der Waals surface area contributed by atoms with Crippen LogP contribution in [0.1, 0.15) is 12.5 Å². The largest absolute Gasteiger partial charge is 0.481 e. The molecular weight excluding hydrogens is 288 g/mol. The standard InChI is InChI=1S/C14H18N4O2S/c1-4-10-5-7-11(8-6-10)17(2)13-15-16-14(18(13)3)21-9-12(19)20/h5-8H,4,9H2,1-3H3,(H,19,20). The van der Waals surface area contributed by atoms with Gasteiger partial charge in [-0.15, -0.1) is 10.2 Å². The van der Waals surface area contributed by atoms with Crippen molar-refractivity contribution in [1.82, 2.24) is 14.8 Å². The first-order valence-corrected chi connectivity index (χ1v) is 7.58. The maximum absolute atomic E-state index is 10.6. The number of carboxylic acids is 1. The van der Waals surface area contributed by atoms with E-state index < -0.39 is 5.97 Å². The number of thioether (sulfide) groups is 1. The van der Waals surface area contributed by atoms with Gasteiger partial charge in [0.15, 0.2) is 5.16 Å². The van der Waals surface area contributed by atoms with Crippen LogP contribution in [0.5, 0.6) is 0 Å². The van der Waals surface area contributed by atoms with Crippen molar-refractivity contribution >= 4 is 29.4 Å². The third-order valence-electron chi connectivity index (χ3n) is 3.17. The van der Waals surface area contributed by atoms with Crippen molar-refractivity contribution in [3.8, 4) is 0 Å². The van der Waals surface area contributed by atoms with Gasteiger partial charge >= 0.3 is 5.97 Å². The molecule has 0 bridgehead atoms. The number of benzene rings is 1. The van der Waals surface area contributed by atoms with Gasteiger partial charge in [-0.05, 0) is 24.1 Å². The number of aromatic nitrogens is 3. The van der Waals surface area contributed by atoms with Crippen LogP contribution in [0.2, 0.25) is 0 Å². The molecule has 0 amide bonds. The molecular formula is C14H18N4O2S. The molecule has 0 aliphatic rings. The minimum absolute atomic E-state index is 0.0269. The summed E-state index contributed by atoms with van der Waals surface area (Å²) in [5.41, 5.74) is 2.29. The van der Waals surface area contributed by atoms with Gasteiger partial charge in [-0.3, -0.25) is 9.36 Å². The smallest absolute Gasteiger partial charge is 0.313 e. The molecule has 7 heteroatoms. The normalized spacial score (nSPS) is 10.6. The van der Waals surface area contributed by atoms with Crippen LogP contribution in [0.15, 0.2) is 29.4 Å². The van der Waals surface area contributed by atoms with Gasteiger partial charge in [0.2, 0.25) is 5.95 Å². The van der Waals surface area contributed by atoms with Crippen LogP contribution in [-0.4, -0.2) is 38.6 Å². The Morgan fingerprint density at radius 2 is 2.00 bits per heavy atom. The van der Waals surface area contributed by atoms with E-state index in [0.29, 0.717) is 11.1 Å². The van der Waals surface area contributed by atoms with Crippen LogP contribution < -0.4 is 4.90 Å². The molecule has 0 saturated carbocycles. The van der Waals surface area contributed by atoms with Crippen molar-refractivity contribution in [2.45, 2.75) is 18.5 Å². The van der Waals surface area contributed by atoms with E-state index in [1.165, 1.54) is 5.56 Å². The Bertz CT molecular complexity index is 624. The van der Waals surface area contributed by atoms with Crippen LogP contribution in [0, 0.1) is 0 Å². The topological polar surface area (TPSA) is 71.2 Å². The average molecular weight is 306 g/mol. The summed E-state index contributed by atoms with van der Waals surface area (Å²) in [4.78, 5) is 12.5. The van der Waals surface area contributed by atoms with Gasteiger partial charge in [0, 0.05) is 19.8 Å². The molecule has 2 rings (SSSR count). The molecule has 21 heavy (non-hydrogen) atoms. The highest BCUT2D eigenvalue weighted by Gasteiger charge is 2.15. The third-order valence-corrected chi connectivity index (χ3v) is 4.17. The summed E-state index contributed by atoms with van der Waals surface area (Å²) >= 11 is 1.16. The summed E-state index contributed by atoms with van der Waals surface area (Å²) < 4.78 is 1.79. The zero-order valence-corrected chi connectivity index (χ0v) is 13.1. The van der Waals surface area contributed by atoms with Crippen molar-refractivity contribution in [3.63, 3.8) is 0 Å². The molecule has 0 radical (unpaired) electrons. The molecule has 112 valence electrons. The molecule has 0 saturated heterocycles. The SMILES string of the molecule is CCc1ccc(N(C)c2nnc(SCC(=O)O)n2C)cc1. The second-order valence-electron chi connectivity index (χ2n) is 4.60. The Balaban J connectivity index is 2.18. The van der Waals surface area contributed by atoms with Crippen LogP contribution in [0.4, 0.5) is 11.6 Å². The Hall–Kier alpha value is -2.02. The number of anilines is 2. The molecule has 6 nitrogen and oxygen atoms in total. The van der Waals surface area contributed by atoms with Gasteiger partial charge in [0.05, 0.1) is 5.75 Å². The number of aliphatic carboxylic acids is 1. The lowest BCUT2D eigenvalue weighted by molar-refractivity contribution is -0.133.